The molecule has 0 unspecified atom stereocenters. The normalized spacial score (nSPS) is 18.5. The van der Waals surface area contributed by atoms with Crippen molar-refractivity contribution in [2.45, 2.75) is 25.7 Å². The maximum absolute atomic E-state index is 11.1. The highest BCUT2D eigenvalue weighted by molar-refractivity contribution is 5.72. The van der Waals surface area contributed by atoms with Crippen LogP contribution in [-0.2, 0) is 0 Å². The van der Waals surface area contributed by atoms with Crippen molar-refractivity contribution in [2.24, 2.45) is 0 Å². The van der Waals surface area contributed by atoms with Crippen molar-refractivity contribution in [2.75, 3.05) is 19.6 Å². The largest absolute Gasteiger partial charge is 0.417 e. The Morgan fingerprint density at radius 1 is 1.39 bits per heavy atom. The number of nitrogens with zero attached hydrogens (tertiary/aromatic N) is 1. The Bertz CT molecular complexity index is 591. The van der Waals surface area contributed by atoms with E-state index in [1.807, 2.05) is 12.1 Å². The Morgan fingerprint density at radius 3 is 2.89 bits per heavy atom. The molecule has 2 aromatic rings. The van der Waals surface area contributed by atoms with Gasteiger partial charge in [0, 0.05) is 0 Å². The highest BCUT2D eigenvalue weighted by Gasteiger charge is 2.20. The van der Waals surface area contributed by atoms with Crippen LogP contribution in [0.1, 0.15) is 31.2 Å². The lowest BCUT2D eigenvalue weighted by molar-refractivity contribution is 0.222. The van der Waals surface area contributed by atoms with Gasteiger partial charge in [0.25, 0.3) is 0 Å². The summed E-state index contributed by atoms with van der Waals surface area (Å²) >= 11 is 0. The first-order chi connectivity index (χ1) is 8.76. The molecule has 0 bridgehead atoms. The van der Waals surface area contributed by atoms with Crippen molar-refractivity contribution in [3.05, 3.63) is 34.3 Å². The van der Waals surface area contributed by atoms with Crippen molar-refractivity contribution < 1.29 is 4.42 Å². The summed E-state index contributed by atoms with van der Waals surface area (Å²) in [7, 11) is 0. The molecule has 1 aliphatic heterocycles. The summed E-state index contributed by atoms with van der Waals surface area (Å²) in [6, 6.07) is 6.07. The molecule has 0 atom stereocenters. The van der Waals surface area contributed by atoms with Gasteiger partial charge in [-0.2, -0.15) is 0 Å². The lowest BCUT2D eigenvalue weighted by atomic mass is 9.89. The molecule has 2 heterocycles. The van der Waals surface area contributed by atoms with E-state index in [9.17, 15) is 4.79 Å². The molecule has 0 spiro atoms. The zero-order chi connectivity index (χ0) is 12.5. The predicted octanol–water partition coefficient (Wildman–Crippen LogP) is 2.32. The Balaban J connectivity index is 1.84. The van der Waals surface area contributed by atoms with Crippen LogP contribution in [0.5, 0.6) is 0 Å². The lowest BCUT2D eigenvalue weighted by Crippen LogP contribution is -2.32. The molecule has 0 radical (unpaired) electrons. The van der Waals surface area contributed by atoms with E-state index in [0.29, 0.717) is 11.5 Å². The molecule has 1 aromatic heterocycles. The number of benzene rings is 1. The molecule has 0 aliphatic carbocycles. The van der Waals surface area contributed by atoms with Gasteiger partial charge in [0.05, 0.1) is 5.52 Å². The number of fused-ring (bicyclic) bond motifs is 1. The number of likely N-dealkylation sites (tertiary alicyclic amines) is 1. The average Bonchev–Trinajstić information content (AvgIpc) is 2.78. The van der Waals surface area contributed by atoms with E-state index in [2.05, 4.69) is 22.9 Å². The number of rotatable bonds is 2. The van der Waals surface area contributed by atoms with E-state index in [1.165, 1.54) is 18.4 Å². The third-order valence-corrected chi connectivity index (χ3v) is 3.95. The van der Waals surface area contributed by atoms with Gasteiger partial charge in [-0.1, -0.05) is 13.0 Å². The number of oxazole rings is 1. The minimum atomic E-state index is -0.372. The van der Waals surface area contributed by atoms with Gasteiger partial charge in [-0.15, -0.1) is 0 Å². The molecule has 96 valence electrons. The molecule has 0 saturated carbocycles. The number of piperidine rings is 1. The maximum Gasteiger partial charge on any atom is 0.417 e. The number of hydrogen-bond acceptors (Lipinski definition) is 3. The summed E-state index contributed by atoms with van der Waals surface area (Å²) in [6.07, 6.45) is 2.38. The van der Waals surface area contributed by atoms with Crippen LogP contribution in [0.4, 0.5) is 0 Å². The van der Waals surface area contributed by atoms with Gasteiger partial charge in [-0.3, -0.25) is 4.98 Å². The molecule has 4 nitrogen and oxygen atoms in total. The van der Waals surface area contributed by atoms with Crippen LogP contribution in [0, 0.1) is 0 Å². The van der Waals surface area contributed by atoms with Crippen molar-refractivity contribution >= 4 is 11.1 Å². The van der Waals surface area contributed by atoms with E-state index < -0.39 is 0 Å². The Labute approximate surface area is 106 Å². The predicted molar refractivity (Wildman–Crippen MR) is 70.9 cm³/mol. The van der Waals surface area contributed by atoms with Crippen LogP contribution in [0.25, 0.3) is 11.1 Å². The smallest absolute Gasteiger partial charge is 0.408 e. The van der Waals surface area contributed by atoms with Crippen molar-refractivity contribution in [3.8, 4) is 0 Å². The molecule has 1 aliphatic rings. The van der Waals surface area contributed by atoms with Gasteiger partial charge < -0.3 is 9.32 Å². The Morgan fingerprint density at radius 2 is 2.17 bits per heavy atom. The first kappa shape index (κ1) is 11.5. The van der Waals surface area contributed by atoms with Gasteiger partial charge in [0.1, 0.15) is 0 Å². The standard InChI is InChI=1S/C14H18N2O2/c1-2-16-7-5-10(6-8-16)11-3-4-12-13(9-11)18-14(17)15-12/h3-4,9-10H,2,5-8H2,1H3,(H,15,17). The molecule has 4 heteroatoms. The maximum atomic E-state index is 11.1. The fraction of sp³-hybridized carbons (Fsp3) is 0.500. The van der Waals surface area contributed by atoms with Crippen LogP contribution in [-0.4, -0.2) is 29.5 Å². The lowest BCUT2D eigenvalue weighted by Gasteiger charge is -2.31. The summed E-state index contributed by atoms with van der Waals surface area (Å²) in [5.41, 5.74) is 2.76. The third kappa shape index (κ3) is 2.08. The number of H-pyrrole nitrogens is 1. The quantitative estimate of drug-likeness (QED) is 0.884. The second-order valence-electron chi connectivity index (χ2n) is 4.98. The molecule has 1 saturated heterocycles. The van der Waals surface area contributed by atoms with E-state index in [-0.39, 0.29) is 5.76 Å². The van der Waals surface area contributed by atoms with Gasteiger partial charge in [-0.25, -0.2) is 4.79 Å². The van der Waals surface area contributed by atoms with Crippen LogP contribution < -0.4 is 5.76 Å². The van der Waals surface area contributed by atoms with Crippen molar-refractivity contribution in [1.82, 2.24) is 9.88 Å². The van der Waals surface area contributed by atoms with Crippen LogP contribution in [0.3, 0.4) is 0 Å². The van der Waals surface area contributed by atoms with Crippen LogP contribution in [0.2, 0.25) is 0 Å². The number of aromatic nitrogens is 1. The fourth-order valence-electron chi connectivity index (χ4n) is 2.80. The highest BCUT2D eigenvalue weighted by Crippen LogP contribution is 2.29. The Hall–Kier alpha value is -1.55. The monoisotopic (exact) mass is 246 g/mol. The molecule has 1 N–H and O–H groups in total. The van der Waals surface area contributed by atoms with Gasteiger partial charge in [0.2, 0.25) is 0 Å². The fourth-order valence-corrected chi connectivity index (χ4v) is 2.80. The third-order valence-electron chi connectivity index (χ3n) is 3.95. The minimum absolute atomic E-state index is 0.372. The molecule has 0 amide bonds. The topological polar surface area (TPSA) is 49.2 Å². The molecular formula is C14H18N2O2. The number of nitrogens with one attached hydrogen (secondary N) is 1. The molecule has 18 heavy (non-hydrogen) atoms. The summed E-state index contributed by atoms with van der Waals surface area (Å²) < 4.78 is 5.12. The van der Waals surface area contributed by atoms with Gasteiger partial charge >= 0.3 is 5.76 Å². The summed E-state index contributed by atoms with van der Waals surface area (Å²) in [5.74, 6) is 0.223. The summed E-state index contributed by atoms with van der Waals surface area (Å²) in [4.78, 5) is 16.3. The van der Waals surface area contributed by atoms with E-state index in [1.54, 1.807) is 0 Å². The second-order valence-corrected chi connectivity index (χ2v) is 4.98. The number of hydrogen-bond donors (Lipinski definition) is 1. The van der Waals surface area contributed by atoms with Crippen LogP contribution >= 0.6 is 0 Å². The van der Waals surface area contributed by atoms with Gasteiger partial charge in [-0.05, 0) is 56.1 Å². The van der Waals surface area contributed by atoms with Crippen molar-refractivity contribution in [3.63, 3.8) is 0 Å². The first-order valence-electron chi connectivity index (χ1n) is 6.61. The second kappa shape index (κ2) is 4.61. The SMILES string of the molecule is CCN1CCC(c2ccc3[nH]c(=O)oc3c2)CC1. The molecule has 1 fully saturated rings. The zero-order valence-corrected chi connectivity index (χ0v) is 10.6. The summed E-state index contributed by atoms with van der Waals surface area (Å²) in [5, 5.41) is 0. The van der Waals surface area contributed by atoms with E-state index >= 15 is 0 Å². The first-order valence-corrected chi connectivity index (χ1v) is 6.61. The summed E-state index contributed by atoms with van der Waals surface area (Å²) in [6.45, 7) is 5.67. The van der Waals surface area contributed by atoms with E-state index in [4.69, 9.17) is 4.42 Å². The molecular weight excluding hydrogens is 228 g/mol. The Kier molecular flexibility index (Phi) is 2.96. The van der Waals surface area contributed by atoms with Crippen molar-refractivity contribution in [1.29, 1.82) is 0 Å². The average molecular weight is 246 g/mol. The minimum Gasteiger partial charge on any atom is -0.408 e. The molecule has 1 aromatic carbocycles. The number of aromatic amines is 1. The highest BCUT2D eigenvalue weighted by atomic mass is 16.4. The van der Waals surface area contributed by atoms with Crippen LogP contribution in [0.15, 0.2) is 27.4 Å². The molecule has 3 rings (SSSR count). The van der Waals surface area contributed by atoms with E-state index in [0.717, 1.165) is 25.2 Å². The van der Waals surface area contributed by atoms with Gasteiger partial charge in [0.15, 0.2) is 5.58 Å². The zero-order valence-electron chi connectivity index (χ0n) is 10.6.